The van der Waals surface area contributed by atoms with Crippen LogP contribution >= 0.6 is 12.6 Å². The molecule has 0 aliphatic carbocycles. The molecule has 0 saturated heterocycles. The monoisotopic (exact) mass is 264 g/mol. The van der Waals surface area contributed by atoms with Crippen molar-refractivity contribution >= 4 is 24.4 Å². The summed E-state index contributed by atoms with van der Waals surface area (Å²) in [5.74, 6) is -0.405. The predicted octanol–water partition coefficient (Wildman–Crippen LogP) is -0.191. The normalized spacial score (nSPS) is 10.5. The van der Waals surface area contributed by atoms with Crippen LogP contribution in [-0.2, 0) is 40.5 Å². The third kappa shape index (κ3) is 5.11. The summed E-state index contributed by atoms with van der Waals surface area (Å²) in [6.07, 6.45) is 0. The molecule has 0 atom stereocenters. The molecule has 2 N–H and O–H groups in total. The zero-order valence-corrected chi connectivity index (χ0v) is 10.8. The molecule has 0 aromatic rings. The van der Waals surface area contributed by atoms with Crippen LogP contribution in [0, 0.1) is 0 Å². The molecule has 12 heavy (non-hydrogen) atoms. The molecule has 2 amide bonds. The Labute approximate surface area is 97.0 Å². The summed E-state index contributed by atoms with van der Waals surface area (Å²) in [6.45, 7) is 3.63. The Morgan fingerprint density at radius 3 is 2.25 bits per heavy atom. The van der Waals surface area contributed by atoms with Gasteiger partial charge in [-0.2, -0.15) is 0 Å². The first-order valence-electron chi connectivity index (χ1n) is 3.37. The van der Waals surface area contributed by atoms with Gasteiger partial charge in [-0.15, -0.1) is 0 Å². The van der Waals surface area contributed by atoms with Crippen LogP contribution in [-0.4, -0.2) is 17.6 Å². The van der Waals surface area contributed by atoms with Gasteiger partial charge in [0.2, 0.25) is 0 Å². The van der Waals surface area contributed by atoms with Crippen LogP contribution in [0.5, 0.6) is 0 Å². The van der Waals surface area contributed by atoms with E-state index in [0.29, 0.717) is 0 Å². The third-order valence-electron chi connectivity index (χ3n) is 1.04. The number of hydrazine groups is 1. The minimum atomic E-state index is -0.366. The Morgan fingerprint density at radius 2 is 1.92 bits per heavy atom. The molecule has 0 aromatic carbocycles. The van der Waals surface area contributed by atoms with Gasteiger partial charge < -0.3 is 0 Å². The zero-order valence-electron chi connectivity index (χ0n) is 7.05. The van der Waals surface area contributed by atoms with Crippen LogP contribution in [0.4, 0.5) is 0 Å². The average Bonchev–Trinajstić information content (AvgIpc) is 1.97. The fraction of sp³-hybridized carbons (Fsp3) is 0.667. The second-order valence-electron chi connectivity index (χ2n) is 2.88. The first-order chi connectivity index (χ1) is 5.38. The molecule has 0 bridgehead atoms. The average molecular weight is 264 g/mol. The van der Waals surface area contributed by atoms with E-state index >= 15 is 0 Å². The molecule has 0 spiro atoms. The summed E-state index contributed by atoms with van der Waals surface area (Å²) in [5, 5.41) is 0. The number of carbonyl (C=O) groups is 2. The Kier molecular flexibility index (Phi) is 5.36. The van der Waals surface area contributed by atoms with Crippen molar-refractivity contribution in [2.75, 3.05) is 5.75 Å². The van der Waals surface area contributed by atoms with Gasteiger partial charge in [0.1, 0.15) is 0 Å². The Hall–Kier alpha value is 0.394. The number of rotatable bonds is 2. The molecule has 0 rings (SSSR count). The molecule has 0 unspecified atom stereocenters. The maximum atomic E-state index is 11.2. The molecular formula is C6H11N2O2SY. The molecule has 0 saturated carbocycles. The molecule has 0 fully saturated rings. The van der Waals surface area contributed by atoms with E-state index in [0.717, 1.165) is 31.0 Å². The van der Waals surface area contributed by atoms with Gasteiger partial charge in [-0.1, -0.05) is 0 Å². The minimum absolute atomic E-state index is 0.0706. The van der Waals surface area contributed by atoms with Crippen LogP contribution < -0.4 is 10.9 Å². The fourth-order valence-corrected chi connectivity index (χ4v) is 0.584. The SMILES string of the molecule is C[C](C)([Y])C(=O)NNC(=O)CS. The van der Waals surface area contributed by atoms with E-state index in [2.05, 4.69) is 23.5 Å². The molecule has 66 valence electrons. The van der Waals surface area contributed by atoms with Gasteiger partial charge in [-0.25, -0.2) is 0 Å². The number of nitrogens with one attached hydrogen (secondary N) is 2. The molecule has 0 aromatic heterocycles. The number of amides is 2. The van der Waals surface area contributed by atoms with Crippen LogP contribution in [0.25, 0.3) is 0 Å². The number of carbonyl (C=O) groups excluding carboxylic acids is 2. The Bertz CT molecular complexity index is 190. The topological polar surface area (TPSA) is 58.2 Å². The summed E-state index contributed by atoms with van der Waals surface area (Å²) in [4.78, 5) is 21.8. The molecule has 0 heterocycles. The van der Waals surface area contributed by atoms with E-state index in [1.165, 1.54) is 0 Å². The van der Waals surface area contributed by atoms with Gasteiger partial charge in [-0.3, -0.25) is 0 Å². The van der Waals surface area contributed by atoms with Crippen molar-refractivity contribution in [3.63, 3.8) is 0 Å². The molecular weight excluding hydrogens is 253 g/mol. The molecule has 4 nitrogen and oxygen atoms in total. The van der Waals surface area contributed by atoms with E-state index in [1.807, 2.05) is 13.8 Å². The quantitative estimate of drug-likeness (QED) is 0.478. The van der Waals surface area contributed by atoms with Crippen molar-refractivity contribution in [2.45, 2.75) is 16.1 Å². The van der Waals surface area contributed by atoms with E-state index < -0.39 is 0 Å². The van der Waals surface area contributed by atoms with Gasteiger partial charge in [0.25, 0.3) is 0 Å². The fourth-order valence-electron chi connectivity index (χ4n) is 0.327. The van der Waals surface area contributed by atoms with Gasteiger partial charge >= 0.3 is 97.7 Å². The van der Waals surface area contributed by atoms with Crippen LogP contribution in [0.15, 0.2) is 0 Å². The zero-order chi connectivity index (χ0) is 9.78. The second kappa shape index (κ2) is 5.19. The van der Waals surface area contributed by atoms with Crippen molar-refractivity contribution in [1.29, 1.82) is 0 Å². The summed E-state index contributed by atoms with van der Waals surface area (Å²) < 4.78 is -0.366. The second-order valence-corrected chi connectivity index (χ2v) is 6.75. The van der Waals surface area contributed by atoms with Crippen molar-refractivity contribution in [3.8, 4) is 0 Å². The summed E-state index contributed by atoms with van der Waals surface area (Å²) in [5.41, 5.74) is 4.56. The standard InChI is InChI=1S/C6H11N2O2S.Y/c1-4(2)6(10)8-7-5(9)3-11;/h11H,3H2,1-2H3,(H,7,9)(H,8,10);. The summed E-state index contributed by atoms with van der Waals surface area (Å²) in [6, 6.07) is 0. The molecule has 6 heteroatoms. The third-order valence-corrected chi connectivity index (χ3v) is 1.98. The van der Waals surface area contributed by atoms with Crippen LogP contribution in [0.1, 0.15) is 13.8 Å². The first kappa shape index (κ1) is 12.4. The van der Waals surface area contributed by atoms with E-state index in [-0.39, 0.29) is 19.8 Å². The summed E-state index contributed by atoms with van der Waals surface area (Å²) >= 11 is 4.54. The van der Waals surface area contributed by atoms with Gasteiger partial charge in [0, 0.05) is 0 Å². The van der Waals surface area contributed by atoms with Gasteiger partial charge in [-0.05, 0) is 0 Å². The number of hydrogen-bond acceptors (Lipinski definition) is 3. The summed E-state index contributed by atoms with van der Waals surface area (Å²) in [7, 11) is 0. The van der Waals surface area contributed by atoms with E-state index in [4.69, 9.17) is 0 Å². The molecule has 0 aliphatic rings. The molecule has 0 radical (unpaired) electrons. The molecule has 0 aliphatic heterocycles. The van der Waals surface area contributed by atoms with Gasteiger partial charge in [0.15, 0.2) is 0 Å². The number of thiol groups is 1. The van der Waals surface area contributed by atoms with E-state index in [9.17, 15) is 9.59 Å². The first-order valence-corrected chi connectivity index (χ1v) is 5.42. The Morgan fingerprint density at radius 1 is 1.42 bits per heavy atom. The van der Waals surface area contributed by atoms with Gasteiger partial charge in [0.05, 0.1) is 0 Å². The predicted molar refractivity (Wildman–Crippen MR) is 44.2 cm³/mol. The van der Waals surface area contributed by atoms with Crippen LogP contribution in [0.2, 0.25) is 2.23 Å². The van der Waals surface area contributed by atoms with Crippen molar-refractivity contribution < 1.29 is 40.5 Å². The number of hydrogen-bond donors (Lipinski definition) is 3. The van der Waals surface area contributed by atoms with E-state index in [1.54, 1.807) is 0 Å². The Balaban J connectivity index is 3.81. The maximum absolute atomic E-state index is 11.2. The van der Waals surface area contributed by atoms with Crippen molar-refractivity contribution in [3.05, 3.63) is 0 Å². The van der Waals surface area contributed by atoms with Crippen molar-refractivity contribution in [2.24, 2.45) is 0 Å². The van der Waals surface area contributed by atoms with Crippen LogP contribution in [0.3, 0.4) is 0 Å². The van der Waals surface area contributed by atoms with Crippen molar-refractivity contribution in [1.82, 2.24) is 10.9 Å².